The van der Waals surface area contributed by atoms with E-state index in [2.05, 4.69) is 0 Å². The number of hydrogen-bond acceptors (Lipinski definition) is 25. The maximum atomic E-state index is 13.2. The molecule has 4 heterocycles. The fraction of sp³-hybridized carbons (Fsp3) is 0.882. The zero-order chi connectivity index (χ0) is 55.6. The maximum Gasteiger partial charge on any atom is 0.330 e. The summed E-state index contributed by atoms with van der Waals surface area (Å²) in [6, 6.07) is 0. The minimum Gasteiger partial charge on any atom is -0.454 e. The van der Waals surface area contributed by atoms with Crippen molar-refractivity contribution in [1.29, 1.82) is 0 Å². The molecule has 4 saturated carbocycles. The van der Waals surface area contributed by atoms with Gasteiger partial charge in [0.25, 0.3) is 0 Å². The number of ether oxygens (including phenoxy) is 9. The Morgan fingerprint density at radius 2 is 1.10 bits per heavy atom. The van der Waals surface area contributed by atoms with Crippen molar-refractivity contribution >= 4 is 11.9 Å². The van der Waals surface area contributed by atoms with Crippen molar-refractivity contribution < 1.29 is 129 Å². The topological polar surface area (TPSA) is 424 Å². The van der Waals surface area contributed by atoms with E-state index in [1.807, 2.05) is 0 Å². The van der Waals surface area contributed by atoms with E-state index in [0.717, 1.165) is 6.08 Å². The summed E-state index contributed by atoms with van der Waals surface area (Å²) in [6.07, 6.45) is -27.2. The number of esters is 2. The van der Waals surface area contributed by atoms with E-state index in [4.69, 9.17) is 42.6 Å². The van der Waals surface area contributed by atoms with E-state index < -0.39 is 196 Å². The highest BCUT2D eigenvalue weighted by Crippen LogP contribution is 2.44. The van der Waals surface area contributed by atoms with E-state index in [1.165, 1.54) is 19.1 Å². The van der Waals surface area contributed by atoms with Crippen LogP contribution in [0.15, 0.2) is 24.3 Å². The van der Waals surface area contributed by atoms with E-state index >= 15 is 0 Å². The molecule has 0 aromatic carbocycles. The Labute approximate surface area is 444 Å². The molecule has 16 N–H and O–H groups in total. The number of hydrogen-bond donors (Lipinski definition) is 15. The van der Waals surface area contributed by atoms with Gasteiger partial charge in [0.1, 0.15) is 67.1 Å². The molecule has 8 aliphatic rings. The van der Waals surface area contributed by atoms with Gasteiger partial charge in [0.2, 0.25) is 0 Å². The highest BCUT2D eigenvalue weighted by molar-refractivity contribution is 5.82. The second-order valence-electron chi connectivity index (χ2n) is 22.5. The first-order chi connectivity index (χ1) is 36.6. The molecular formula is C51H81O26+. The molecule has 0 spiro atoms. The SMILES string of the molecule is C[C@@H]1O[C@@H](OC[C@H]2O[C@@H](OC3CC4C(O[C@@H]5O[C@H](CO)[C@@H](O)[C@H](O)[C@H]5OC(=O)C=CC5CCC(O)CC5)CC(O)CC4[OH+]C3C3CC(O)C(O)C(O)C3)[C@H](O)[C@@H](O)[C@@H]2O)[C@H](O)[C@H](O)[C@H]1OC(=O)C=CC1CCC(O)C(O)C1. The largest absolute Gasteiger partial charge is 0.454 e. The molecule has 8 rings (SSSR count). The smallest absolute Gasteiger partial charge is 0.330 e. The summed E-state index contributed by atoms with van der Waals surface area (Å²) < 4.78 is 52.7. The first-order valence-electron chi connectivity index (χ1n) is 27.1. The van der Waals surface area contributed by atoms with Gasteiger partial charge in [-0.25, -0.2) is 9.59 Å². The van der Waals surface area contributed by atoms with Gasteiger partial charge in [0.15, 0.2) is 43.3 Å². The van der Waals surface area contributed by atoms with Crippen LogP contribution in [0.25, 0.3) is 0 Å². The van der Waals surface area contributed by atoms with Crippen LogP contribution in [0, 0.1) is 23.7 Å². The van der Waals surface area contributed by atoms with E-state index in [0.29, 0.717) is 38.5 Å². The van der Waals surface area contributed by atoms with Crippen molar-refractivity contribution in [3.05, 3.63) is 24.3 Å². The second-order valence-corrected chi connectivity index (χ2v) is 22.5. The van der Waals surface area contributed by atoms with Gasteiger partial charge in [0, 0.05) is 30.9 Å². The Morgan fingerprint density at radius 3 is 1.77 bits per heavy atom. The molecule has 11 unspecified atom stereocenters. The quantitative estimate of drug-likeness (QED) is 0.0413. The Bertz CT molecular complexity index is 1950. The lowest BCUT2D eigenvalue weighted by Gasteiger charge is -2.50. The summed E-state index contributed by atoms with van der Waals surface area (Å²) in [5.74, 6) is -3.36. The molecular weight excluding hydrogens is 1030 g/mol. The lowest BCUT2D eigenvalue weighted by Crippen LogP contribution is -2.65. The van der Waals surface area contributed by atoms with Gasteiger partial charge >= 0.3 is 11.9 Å². The van der Waals surface area contributed by atoms with E-state index in [1.54, 1.807) is 6.08 Å². The predicted octanol–water partition coefficient (Wildman–Crippen LogP) is -5.57. The summed E-state index contributed by atoms with van der Waals surface area (Å²) >= 11 is 0. The Kier molecular flexibility index (Phi) is 21.0. The van der Waals surface area contributed by atoms with Gasteiger partial charge in [0.05, 0.1) is 68.0 Å². The van der Waals surface area contributed by atoms with Crippen LogP contribution in [0.1, 0.15) is 84.0 Å². The summed E-state index contributed by atoms with van der Waals surface area (Å²) in [4.78, 5) is 26.0. The highest BCUT2D eigenvalue weighted by Gasteiger charge is 2.58. The highest BCUT2D eigenvalue weighted by atomic mass is 16.7. The molecule has 26 atom stereocenters. The molecule has 0 radical (unpaired) electrons. The lowest BCUT2D eigenvalue weighted by molar-refractivity contribution is -0.371. The van der Waals surface area contributed by atoms with Crippen molar-refractivity contribution in [3.63, 3.8) is 0 Å². The van der Waals surface area contributed by atoms with Crippen LogP contribution in [-0.4, -0.2) is 266 Å². The molecule has 0 aromatic heterocycles. The van der Waals surface area contributed by atoms with Crippen LogP contribution in [0.5, 0.6) is 0 Å². The summed E-state index contributed by atoms with van der Waals surface area (Å²) in [5.41, 5.74) is 0. The first kappa shape index (κ1) is 60.6. The molecule has 440 valence electrons. The van der Waals surface area contributed by atoms with Crippen molar-refractivity contribution in [2.24, 2.45) is 23.7 Å². The fourth-order valence-electron chi connectivity index (χ4n) is 12.4. The van der Waals surface area contributed by atoms with Gasteiger partial charge in [-0.2, -0.15) is 0 Å². The first-order valence-corrected chi connectivity index (χ1v) is 27.1. The van der Waals surface area contributed by atoms with Crippen LogP contribution < -0.4 is 0 Å². The molecule has 4 aliphatic carbocycles. The third-order valence-electron chi connectivity index (χ3n) is 17.0. The Hall–Kier alpha value is -2.46. The number of allylic oxidation sites excluding steroid dienone is 2. The van der Waals surface area contributed by atoms with Crippen LogP contribution in [0.2, 0.25) is 0 Å². The molecule has 26 heteroatoms. The van der Waals surface area contributed by atoms with E-state index in [-0.39, 0.29) is 50.4 Å². The van der Waals surface area contributed by atoms with Gasteiger partial charge in [-0.3, -0.25) is 0 Å². The van der Waals surface area contributed by atoms with Crippen molar-refractivity contribution in [2.75, 3.05) is 13.2 Å². The number of fused-ring (bicyclic) bond motifs is 1. The van der Waals surface area contributed by atoms with Gasteiger partial charge in [-0.15, -0.1) is 0 Å². The normalized spacial score (nSPS) is 50.0. The number of aliphatic hydroxyl groups is 17. The number of rotatable bonds is 15. The number of carbonyl (C=O) groups is 2. The summed E-state index contributed by atoms with van der Waals surface area (Å²) in [7, 11) is 0. The number of carbonyl (C=O) groups excluding carboxylic acids is 2. The molecule has 8 fully saturated rings. The number of aliphatic hydroxyl groups excluding tert-OH is 15. The molecule has 4 aliphatic heterocycles. The molecule has 26 nitrogen and oxygen atoms in total. The summed E-state index contributed by atoms with van der Waals surface area (Å²) in [5, 5.41) is 161. The molecule has 0 aromatic rings. The zero-order valence-electron chi connectivity index (χ0n) is 42.8. The lowest BCUT2D eigenvalue weighted by atomic mass is 9.72. The monoisotopic (exact) mass is 1110 g/mol. The van der Waals surface area contributed by atoms with Crippen molar-refractivity contribution in [2.45, 2.75) is 243 Å². The molecule has 4 saturated heterocycles. The maximum absolute atomic E-state index is 13.2. The Balaban J connectivity index is 0.954. The van der Waals surface area contributed by atoms with Crippen LogP contribution in [0.4, 0.5) is 0 Å². The van der Waals surface area contributed by atoms with Crippen LogP contribution in [0.3, 0.4) is 0 Å². The van der Waals surface area contributed by atoms with Gasteiger partial charge in [-0.05, 0) is 83.0 Å². The standard InChI is InChI=1S/C51H80O26/c1-20-46(76-36(59)11-6-22-4-9-27(55)28(56)12-22)43(66)45(68)49(70-20)69-19-35-40(63)41(64)44(67)50(75-35)73-33-17-26-31(71-47(33)23-13-29(57)38(61)30(58)14-23)15-25(54)16-32(26)72-51-48(42(65)39(62)34(18-52)74-51)77-37(60)10-5-21-2-7-24(53)8-3-21/h5-6,10-11,20-35,38-58,61-68H,2-4,7-9,12-19H2,1H3/p+1/t20-,21?,22?,23?,24?,25?,26?,27?,28?,29?,30?,31?,32?,33?,34+,35+,38?,39+,40+,41-,42-,43-,44+,45+,46-,47?,48+,49+,50+,51+/m0/s1. The third kappa shape index (κ3) is 14.4. The minimum absolute atomic E-state index is 0.0154. The molecule has 77 heavy (non-hydrogen) atoms. The molecule has 0 bridgehead atoms. The minimum atomic E-state index is -1.93. The second kappa shape index (κ2) is 26.6. The van der Waals surface area contributed by atoms with Gasteiger partial charge < -0.3 is 119 Å². The van der Waals surface area contributed by atoms with Crippen molar-refractivity contribution in [3.8, 4) is 0 Å². The average molecular weight is 1110 g/mol. The predicted molar refractivity (Wildman–Crippen MR) is 256 cm³/mol. The van der Waals surface area contributed by atoms with E-state index in [9.17, 15) is 86.2 Å². The Morgan fingerprint density at radius 1 is 0.519 bits per heavy atom. The van der Waals surface area contributed by atoms with Crippen LogP contribution in [-0.2, 0) is 47.5 Å². The third-order valence-corrected chi connectivity index (χ3v) is 17.0. The fourth-order valence-corrected chi connectivity index (χ4v) is 12.4. The van der Waals surface area contributed by atoms with Crippen molar-refractivity contribution in [1.82, 2.24) is 0 Å². The average Bonchev–Trinajstić information content (AvgIpc) is 3.41. The molecule has 0 amide bonds. The van der Waals surface area contributed by atoms with Crippen LogP contribution >= 0.6 is 0 Å². The zero-order valence-corrected chi connectivity index (χ0v) is 42.8. The van der Waals surface area contributed by atoms with Gasteiger partial charge in [-0.1, -0.05) is 12.2 Å². The summed E-state index contributed by atoms with van der Waals surface area (Å²) in [6.45, 7) is 0.0438.